The van der Waals surface area contributed by atoms with Gasteiger partial charge >= 0.3 is 0 Å². The molecule has 1 heterocycles. The fourth-order valence-corrected chi connectivity index (χ4v) is 0.835. The average molecular weight is 151 g/mol. The first-order valence-corrected chi connectivity index (χ1v) is 3.88. The summed E-state index contributed by atoms with van der Waals surface area (Å²) in [7, 11) is 0. The highest BCUT2D eigenvalue weighted by Crippen LogP contribution is 2.14. The first-order chi connectivity index (χ1) is 5.34. The fraction of sp³-hybridized carbons (Fsp3) is 0.444. The summed E-state index contributed by atoms with van der Waals surface area (Å²) in [6, 6.07) is 1.89. The number of aryl methyl sites for hydroxylation is 1. The predicted molar refractivity (Wildman–Crippen MR) is 44.8 cm³/mol. The largest absolute Gasteiger partial charge is 0.493 e. The van der Waals surface area contributed by atoms with Crippen LogP contribution in [0.5, 0.6) is 5.75 Å². The minimum atomic E-state index is 0.783. The fourth-order valence-electron chi connectivity index (χ4n) is 0.835. The Morgan fingerprint density at radius 1 is 1.55 bits per heavy atom. The standard InChI is InChI=1S/C9H13NO/c1-3-6-11-9-4-5-10-7-8(9)2/h4-5,7H,3,6H2,1-2H3. The lowest BCUT2D eigenvalue weighted by atomic mass is 10.3. The Balaban J connectivity index is 2.62. The molecule has 2 heteroatoms. The maximum Gasteiger partial charge on any atom is 0.125 e. The van der Waals surface area contributed by atoms with Crippen LogP contribution in [-0.4, -0.2) is 11.6 Å². The summed E-state index contributed by atoms with van der Waals surface area (Å²) in [4.78, 5) is 3.97. The summed E-state index contributed by atoms with van der Waals surface area (Å²) >= 11 is 0. The summed E-state index contributed by atoms with van der Waals surface area (Å²) in [5.74, 6) is 0.946. The molecule has 11 heavy (non-hydrogen) atoms. The molecule has 0 atom stereocenters. The third-order valence-electron chi connectivity index (χ3n) is 1.43. The second-order valence-electron chi connectivity index (χ2n) is 2.49. The normalized spacial score (nSPS) is 9.64. The van der Waals surface area contributed by atoms with Crippen molar-refractivity contribution in [1.82, 2.24) is 4.98 Å². The van der Waals surface area contributed by atoms with Gasteiger partial charge in [0.2, 0.25) is 0 Å². The summed E-state index contributed by atoms with van der Waals surface area (Å²) < 4.78 is 5.45. The minimum absolute atomic E-state index is 0.783. The van der Waals surface area contributed by atoms with E-state index in [0.717, 1.165) is 24.3 Å². The molecule has 0 aromatic carbocycles. The van der Waals surface area contributed by atoms with Crippen molar-refractivity contribution in [2.45, 2.75) is 20.3 Å². The van der Waals surface area contributed by atoms with E-state index in [-0.39, 0.29) is 0 Å². The summed E-state index contributed by atoms with van der Waals surface area (Å²) in [5.41, 5.74) is 1.10. The van der Waals surface area contributed by atoms with Crippen LogP contribution in [0.25, 0.3) is 0 Å². The molecule has 0 saturated carbocycles. The van der Waals surface area contributed by atoms with Crippen molar-refractivity contribution in [3.05, 3.63) is 24.0 Å². The topological polar surface area (TPSA) is 22.1 Å². The maximum atomic E-state index is 5.45. The highest BCUT2D eigenvalue weighted by molar-refractivity contribution is 5.28. The first kappa shape index (κ1) is 8.05. The van der Waals surface area contributed by atoms with Crippen LogP contribution in [0.1, 0.15) is 18.9 Å². The first-order valence-electron chi connectivity index (χ1n) is 3.88. The van der Waals surface area contributed by atoms with Crippen LogP contribution in [0.3, 0.4) is 0 Å². The summed E-state index contributed by atoms with van der Waals surface area (Å²) in [6.07, 6.45) is 4.60. The molecule has 0 aliphatic carbocycles. The van der Waals surface area contributed by atoms with Crippen molar-refractivity contribution in [1.29, 1.82) is 0 Å². The van der Waals surface area contributed by atoms with Crippen LogP contribution in [0, 0.1) is 6.92 Å². The number of aromatic nitrogens is 1. The Hall–Kier alpha value is -1.05. The highest BCUT2D eigenvalue weighted by atomic mass is 16.5. The van der Waals surface area contributed by atoms with Gasteiger partial charge in [0.1, 0.15) is 5.75 Å². The van der Waals surface area contributed by atoms with Gasteiger partial charge in [-0.1, -0.05) is 6.92 Å². The van der Waals surface area contributed by atoms with Crippen molar-refractivity contribution in [2.24, 2.45) is 0 Å². The van der Waals surface area contributed by atoms with E-state index in [1.807, 2.05) is 19.2 Å². The summed E-state index contributed by atoms with van der Waals surface area (Å²) in [5, 5.41) is 0. The van der Waals surface area contributed by atoms with E-state index >= 15 is 0 Å². The van der Waals surface area contributed by atoms with Gasteiger partial charge in [-0.2, -0.15) is 0 Å². The van der Waals surface area contributed by atoms with Gasteiger partial charge < -0.3 is 4.74 Å². The predicted octanol–water partition coefficient (Wildman–Crippen LogP) is 2.18. The molecular weight excluding hydrogens is 138 g/mol. The second kappa shape index (κ2) is 3.96. The van der Waals surface area contributed by atoms with E-state index in [9.17, 15) is 0 Å². The maximum absolute atomic E-state index is 5.45. The zero-order valence-corrected chi connectivity index (χ0v) is 7.00. The lowest BCUT2D eigenvalue weighted by Crippen LogP contribution is -1.96. The van der Waals surface area contributed by atoms with Crippen LogP contribution >= 0.6 is 0 Å². The number of pyridine rings is 1. The lowest BCUT2D eigenvalue weighted by Gasteiger charge is -2.05. The van der Waals surface area contributed by atoms with Gasteiger partial charge in [-0.25, -0.2) is 0 Å². The van der Waals surface area contributed by atoms with Gasteiger partial charge in [0.05, 0.1) is 6.61 Å². The van der Waals surface area contributed by atoms with Crippen molar-refractivity contribution in [3.63, 3.8) is 0 Å². The molecule has 0 saturated heterocycles. The Labute approximate surface area is 67.2 Å². The van der Waals surface area contributed by atoms with Crippen LogP contribution in [0.4, 0.5) is 0 Å². The number of hydrogen-bond acceptors (Lipinski definition) is 2. The Morgan fingerprint density at radius 2 is 2.36 bits per heavy atom. The number of ether oxygens (including phenoxy) is 1. The van der Waals surface area contributed by atoms with E-state index in [2.05, 4.69) is 11.9 Å². The Morgan fingerprint density at radius 3 is 3.00 bits per heavy atom. The average Bonchev–Trinajstić information content (AvgIpc) is 2.03. The zero-order chi connectivity index (χ0) is 8.10. The molecule has 0 N–H and O–H groups in total. The van der Waals surface area contributed by atoms with Crippen molar-refractivity contribution < 1.29 is 4.74 Å². The second-order valence-corrected chi connectivity index (χ2v) is 2.49. The molecule has 0 amide bonds. The molecule has 2 nitrogen and oxygen atoms in total. The molecule has 0 fully saturated rings. The van der Waals surface area contributed by atoms with Gasteiger partial charge in [-0.3, -0.25) is 4.98 Å². The van der Waals surface area contributed by atoms with Crippen LogP contribution in [-0.2, 0) is 0 Å². The highest BCUT2D eigenvalue weighted by Gasteiger charge is 1.95. The molecule has 0 radical (unpaired) electrons. The third-order valence-corrected chi connectivity index (χ3v) is 1.43. The van der Waals surface area contributed by atoms with E-state index in [1.165, 1.54) is 0 Å². The van der Waals surface area contributed by atoms with Gasteiger partial charge in [-0.05, 0) is 19.4 Å². The van der Waals surface area contributed by atoms with Crippen molar-refractivity contribution in [3.8, 4) is 5.75 Å². The van der Waals surface area contributed by atoms with Crippen LogP contribution < -0.4 is 4.74 Å². The number of nitrogens with zero attached hydrogens (tertiary/aromatic N) is 1. The molecule has 0 bridgehead atoms. The van der Waals surface area contributed by atoms with E-state index < -0.39 is 0 Å². The molecule has 1 rings (SSSR count). The van der Waals surface area contributed by atoms with Crippen molar-refractivity contribution >= 4 is 0 Å². The van der Waals surface area contributed by atoms with Crippen molar-refractivity contribution in [2.75, 3.05) is 6.61 Å². The Kier molecular flexibility index (Phi) is 2.90. The molecule has 0 spiro atoms. The molecular formula is C9H13NO. The minimum Gasteiger partial charge on any atom is -0.493 e. The Bertz CT molecular complexity index is 223. The van der Waals surface area contributed by atoms with E-state index in [0.29, 0.717) is 0 Å². The SMILES string of the molecule is CCCOc1ccncc1C. The van der Waals surface area contributed by atoms with E-state index in [1.54, 1.807) is 6.20 Å². The molecule has 1 aromatic heterocycles. The van der Waals surface area contributed by atoms with Crippen LogP contribution in [0.2, 0.25) is 0 Å². The molecule has 0 aliphatic heterocycles. The number of hydrogen-bond donors (Lipinski definition) is 0. The molecule has 60 valence electrons. The molecule has 0 unspecified atom stereocenters. The molecule has 0 aliphatic rings. The van der Waals surface area contributed by atoms with E-state index in [4.69, 9.17) is 4.74 Å². The van der Waals surface area contributed by atoms with Gasteiger partial charge in [0.15, 0.2) is 0 Å². The van der Waals surface area contributed by atoms with Gasteiger partial charge in [0.25, 0.3) is 0 Å². The third kappa shape index (κ3) is 2.22. The molecule has 1 aromatic rings. The zero-order valence-electron chi connectivity index (χ0n) is 7.00. The smallest absolute Gasteiger partial charge is 0.125 e. The van der Waals surface area contributed by atoms with Gasteiger partial charge in [0, 0.05) is 18.0 Å². The monoisotopic (exact) mass is 151 g/mol. The summed E-state index contributed by atoms with van der Waals surface area (Å²) in [6.45, 7) is 4.87. The van der Waals surface area contributed by atoms with Gasteiger partial charge in [-0.15, -0.1) is 0 Å². The number of rotatable bonds is 3. The quantitative estimate of drug-likeness (QED) is 0.660. The lowest BCUT2D eigenvalue weighted by molar-refractivity contribution is 0.315. The van der Waals surface area contributed by atoms with Crippen LogP contribution in [0.15, 0.2) is 18.5 Å².